The lowest BCUT2D eigenvalue weighted by molar-refractivity contribution is 0.539. The molecular formula is C17H13Cl2N5O2S. The molecule has 2 aliphatic rings. The van der Waals surface area contributed by atoms with Crippen molar-refractivity contribution in [2.45, 2.75) is 0 Å². The summed E-state index contributed by atoms with van der Waals surface area (Å²) in [6.45, 7) is 0. The molecule has 0 radical (unpaired) electrons. The Kier molecular flexibility index (Phi) is 4.35. The zero-order valence-electron chi connectivity index (χ0n) is 13.6. The number of hydrogen-bond acceptors (Lipinski definition) is 4. The van der Waals surface area contributed by atoms with E-state index in [1.807, 2.05) is 24.3 Å². The summed E-state index contributed by atoms with van der Waals surface area (Å²) < 4.78 is 27.6. The van der Waals surface area contributed by atoms with Gasteiger partial charge in [-0.15, -0.1) is 4.36 Å². The summed E-state index contributed by atoms with van der Waals surface area (Å²) in [5, 5.41) is 15.4. The van der Waals surface area contributed by atoms with Crippen molar-refractivity contribution in [2.24, 2.45) is 4.36 Å². The second kappa shape index (κ2) is 6.58. The van der Waals surface area contributed by atoms with Crippen LogP contribution in [0.15, 0.2) is 64.4 Å². The van der Waals surface area contributed by atoms with Gasteiger partial charge in [-0.25, -0.2) is 0 Å². The Labute approximate surface area is 165 Å². The molecule has 7 nitrogen and oxygen atoms in total. The third-order valence-electron chi connectivity index (χ3n) is 3.95. The Hall–Kier alpha value is -2.52. The summed E-state index contributed by atoms with van der Waals surface area (Å²) in [5.41, 5.74) is 3.19. The molecule has 0 amide bonds. The fraction of sp³-hybridized carbons (Fsp3) is 0. The van der Waals surface area contributed by atoms with E-state index in [0.29, 0.717) is 21.4 Å². The van der Waals surface area contributed by atoms with E-state index in [4.69, 9.17) is 28.6 Å². The van der Waals surface area contributed by atoms with Crippen molar-refractivity contribution in [3.8, 4) is 0 Å². The van der Waals surface area contributed by atoms with Crippen LogP contribution in [0.3, 0.4) is 0 Å². The zero-order valence-corrected chi connectivity index (χ0v) is 15.9. The maximum atomic E-state index is 11.9. The van der Waals surface area contributed by atoms with Crippen LogP contribution in [0.25, 0.3) is 11.4 Å². The zero-order chi connectivity index (χ0) is 19.2. The summed E-state index contributed by atoms with van der Waals surface area (Å²) in [4.78, 5) is 0. The third-order valence-corrected chi connectivity index (χ3v) is 5.36. The van der Waals surface area contributed by atoms with Gasteiger partial charge in [0.1, 0.15) is 11.5 Å². The van der Waals surface area contributed by atoms with E-state index in [2.05, 4.69) is 19.7 Å². The molecule has 27 heavy (non-hydrogen) atoms. The summed E-state index contributed by atoms with van der Waals surface area (Å²) in [6, 6.07) is 14.3. The third kappa shape index (κ3) is 3.52. The highest BCUT2D eigenvalue weighted by Gasteiger charge is 2.29. The molecule has 1 atom stereocenters. The van der Waals surface area contributed by atoms with E-state index >= 15 is 0 Å². The van der Waals surface area contributed by atoms with E-state index in [-0.39, 0.29) is 17.4 Å². The molecule has 10 heteroatoms. The highest BCUT2D eigenvalue weighted by molar-refractivity contribution is 7.86. The Balaban J connectivity index is 1.84. The topological polar surface area (TPSA) is 110 Å². The minimum Gasteiger partial charge on any atom is -0.347 e. The van der Waals surface area contributed by atoms with Crippen LogP contribution in [-0.4, -0.2) is 14.6 Å². The molecule has 4 rings (SSSR count). The summed E-state index contributed by atoms with van der Waals surface area (Å²) in [7, 11) is -3.72. The highest BCUT2D eigenvalue weighted by Crippen LogP contribution is 2.30. The fourth-order valence-electron chi connectivity index (χ4n) is 2.75. The van der Waals surface area contributed by atoms with Crippen LogP contribution in [0, 0.1) is 5.41 Å². The summed E-state index contributed by atoms with van der Waals surface area (Å²) in [5.74, 6) is -0.129. The molecule has 0 spiro atoms. The summed E-state index contributed by atoms with van der Waals surface area (Å²) >= 11 is 12.0. The largest absolute Gasteiger partial charge is 0.347 e. The van der Waals surface area contributed by atoms with E-state index in [9.17, 15) is 8.76 Å². The van der Waals surface area contributed by atoms with Crippen LogP contribution in [0.1, 0.15) is 11.1 Å². The van der Waals surface area contributed by atoms with Crippen LogP contribution in [0.2, 0.25) is 10.0 Å². The van der Waals surface area contributed by atoms with Gasteiger partial charge >= 0.3 is 0 Å². The van der Waals surface area contributed by atoms with Gasteiger partial charge < -0.3 is 10.6 Å². The van der Waals surface area contributed by atoms with Gasteiger partial charge in [-0.2, -0.15) is 4.21 Å². The number of nitrogens with one attached hydrogen (secondary N) is 4. The van der Waals surface area contributed by atoms with Gasteiger partial charge in [0.15, 0.2) is 5.84 Å². The van der Waals surface area contributed by atoms with Crippen LogP contribution >= 0.6 is 23.2 Å². The Bertz CT molecular complexity index is 1130. The first-order chi connectivity index (χ1) is 12.8. The van der Waals surface area contributed by atoms with Crippen molar-refractivity contribution in [3.05, 3.63) is 81.2 Å². The first-order valence-electron chi connectivity index (χ1n) is 7.73. The van der Waals surface area contributed by atoms with Gasteiger partial charge in [0, 0.05) is 21.2 Å². The number of hydrogen-bond donors (Lipinski definition) is 5. The molecule has 1 unspecified atom stereocenters. The van der Waals surface area contributed by atoms with Crippen molar-refractivity contribution in [1.82, 2.24) is 15.4 Å². The normalized spacial score (nSPS) is 21.7. The quantitative estimate of drug-likeness (QED) is 0.509. The minimum atomic E-state index is -3.72. The maximum Gasteiger partial charge on any atom is 0.259 e. The van der Waals surface area contributed by atoms with E-state index in [0.717, 1.165) is 11.1 Å². The van der Waals surface area contributed by atoms with E-state index < -0.39 is 10.2 Å². The number of nitrogens with zero attached hydrogens (tertiary/aromatic N) is 1. The van der Waals surface area contributed by atoms with Crippen LogP contribution in [-0.2, 0) is 10.2 Å². The Morgan fingerprint density at radius 3 is 1.85 bits per heavy atom. The number of rotatable bonds is 2. The Morgan fingerprint density at radius 1 is 0.852 bits per heavy atom. The summed E-state index contributed by atoms with van der Waals surface area (Å²) in [6.07, 6.45) is 0. The second-order valence-electron chi connectivity index (χ2n) is 5.80. The molecule has 0 saturated carbocycles. The lowest BCUT2D eigenvalue weighted by atomic mass is 10.0. The van der Waals surface area contributed by atoms with Gasteiger partial charge in [-0.05, 0) is 24.3 Å². The molecule has 2 aromatic carbocycles. The minimum absolute atomic E-state index is 0.199. The fourth-order valence-corrected chi connectivity index (χ4v) is 3.80. The molecule has 0 aliphatic carbocycles. The molecule has 2 aliphatic heterocycles. The van der Waals surface area contributed by atoms with Crippen molar-refractivity contribution < 1.29 is 8.76 Å². The van der Waals surface area contributed by atoms with Crippen molar-refractivity contribution in [2.75, 3.05) is 0 Å². The first-order valence-corrected chi connectivity index (χ1v) is 9.96. The molecule has 0 bridgehead atoms. The predicted molar refractivity (Wildman–Crippen MR) is 107 cm³/mol. The van der Waals surface area contributed by atoms with Gasteiger partial charge in [-0.3, -0.25) is 14.7 Å². The number of benzene rings is 2. The van der Waals surface area contributed by atoms with Gasteiger partial charge in [0.25, 0.3) is 10.2 Å². The van der Waals surface area contributed by atoms with Crippen LogP contribution < -0.4 is 15.4 Å². The molecule has 5 N–H and O–H groups in total. The van der Waals surface area contributed by atoms with Gasteiger partial charge in [-0.1, -0.05) is 47.5 Å². The van der Waals surface area contributed by atoms with Crippen LogP contribution in [0.5, 0.6) is 0 Å². The Morgan fingerprint density at radius 2 is 1.33 bits per heavy atom. The SMILES string of the molecule is N=C1N=S(=O)(O)NC2=C1NC(c1ccc(Cl)cc1)=C(c1ccc(Cl)cc1)N2. The van der Waals surface area contributed by atoms with E-state index in [1.54, 1.807) is 24.3 Å². The first kappa shape index (κ1) is 17.9. The van der Waals surface area contributed by atoms with Gasteiger partial charge in [0.05, 0.1) is 11.4 Å². The molecule has 0 fully saturated rings. The predicted octanol–water partition coefficient (Wildman–Crippen LogP) is 3.62. The monoisotopic (exact) mass is 421 g/mol. The molecular weight excluding hydrogens is 409 g/mol. The van der Waals surface area contributed by atoms with Crippen molar-refractivity contribution >= 4 is 50.6 Å². The average molecular weight is 422 g/mol. The van der Waals surface area contributed by atoms with Crippen molar-refractivity contribution in [1.29, 1.82) is 5.41 Å². The molecule has 2 heterocycles. The average Bonchev–Trinajstić information content (AvgIpc) is 2.61. The molecule has 0 saturated heterocycles. The second-order valence-corrected chi connectivity index (χ2v) is 8.06. The lowest BCUT2D eigenvalue weighted by Gasteiger charge is -2.31. The van der Waals surface area contributed by atoms with Crippen LogP contribution in [0.4, 0.5) is 0 Å². The maximum absolute atomic E-state index is 11.9. The molecule has 2 aromatic rings. The van der Waals surface area contributed by atoms with Gasteiger partial charge in [0.2, 0.25) is 0 Å². The lowest BCUT2D eigenvalue weighted by Crippen LogP contribution is -2.43. The van der Waals surface area contributed by atoms with E-state index in [1.165, 1.54) is 0 Å². The molecule has 138 valence electrons. The standard InChI is InChI=1S/C17H13Cl2N5O2S/c18-11-5-1-9(2-6-11)13-14(10-3-7-12(19)8-4-10)22-17-15(21-13)16(20)23-27(25,26)24-17/h1-8,21H,(H4,20,22,23,24,25,26). The van der Waals surface area contributed by atoms with Crippen molar-refractivity contribution in [3.63, 3.8) is 0 Å². The highest BCUT2D eigenvalue weighted by atomic mass is 35.5. The number of halogens is 2. The number of amidine groups is 1. The molecule has 0 aromatic heterocycles. The smallest absolute Gasteiger partial charge is 0.259 e.